The van der Waals surface area contributed by atoms with Gasteiger partial charge in [0.1, 0.15) is 24.1 Å². The Hall–Kier alpha value is -3.69. The molecule has 1 heterocycles. The van der Waals surface area contributed by atoms with E-state index in [0.717, 1.165) is 0 Å². The lowest BCUT2D eigenvalue weighted by Gasteiger charge is -2.21. The van der Waals surface area contributed by atoms with Gasteiger partial charge < -0.3 is 19.5 Å². The summed E-state index contributed by atoms with van der Waals surface area (Å²) in [6.07, 6.45) is 0. The van der Waals surface area contributed by atoms with Crippen LogP contribution in [0.15, 0.2) is 42.5 Å². The van der Waals surface area contributed by atoms with Crippen LogP contribution in [0.3, 0.4) is 0 Å². The summed E-state index contributed by atoms with van der Waals surface area (Å²) in [6.45, 7) is 0.137. The van der Waals surface area contributed by atoms with Crippen molar-refractivity contribution >= 4 is 22.9 Å². The van der Waals surface area contributed by atoms with Gasteiger partial charge in [0.15, 0.2) is 5.82 Å². The maximum Gasteiger partial charge on any atom is 0.329 e. The molecule has 1 N–H and O–H groups in total. The Labute approximate surface area is 189 Å². The number of esters is 1. The van der Waals surface area contributed by atoms with Crippen molar-refractivity contribution in [2.45, 2.75) is 33.0 Å². The van der Waals surface area contributed by atoms with E-state index >= 15 is 0 Å². The highest BCUT2D eigenvalue weighted by Gasteiger charge is 2.28. The Kier molecular flexibility index (Phi) is 7.47. The van der Waals surface area contributed by atoms with Crippen LogP contribution >= 0.6 is 0 Å². The van der Waals surface area contributed by atoms with E-state index in [1.165, 1.54) is 32.4 Å². The van der Waals surface area contributed by atoms with Crippen molar-refractivity contribution < 1.29 is 32.6 Å². The number of alkyl halides is 2. The number of fused-ring (bicyclic) bond motifs is 1. The van der Waals surface area contributed by atoms with E-state index < -0.39 is 31.1 Å². The number of para-hydroxylation sites is 2. The highest BCUT2D eigenvalue weighted by molar-refractivity contribution is 5.97. The number of benzene rings is 2. The van der Waals surface area contributed by atoms with Gasteiger partial charge in [0.2, 0.25) is 0 Å². The number of carbonyl (C=O) groups is 2. The van der Waals surface area contributed by atoms with Crippen LogP contribution in [0.1, 0.15) is 36.6 Å². The average molecular weight is 461 g/mol. The monoisotopic (exact) mass is 461 g/mol. The second-order valence-corrected chi connectivity index (χ2v) is 7.57. The number of aromatic nitrogens is 2. The second-order valence-electron chi connectivity index (χ2n) is 7.57. The maximum atomic E-state index is 13.6. The van der Waals surface area contributed by atoms with E-state index in [1.54, 1.807) is 38.1 Å². The summed E-state index contributed by atoms with van der Waals surface area (Å²) in [5.41, 5.74) is 0.827. The third kappa shape index (κ3) is 5.39. The molecule has 0 aliphatic rings. The van der Waals surface area contributed by atoms with Gasteiger partial charge in [0.25, 0.3) is 5.91 Å². The summed E-state index contributed by atoms with van der Waals surface area (Å²) in [5.74, 6) is -0.902. The molecule has 0 radical (unpaired) electrons. The van der Waals surface area contributed by atoms with Crippen LogP contribution < -0.4 is 14.8 Å². The molecule has 2 aromatic carbocycles. The summed E-state index contributed by atoms with van der Waals surface area (Å²) in [6, 6.07) is 10.0. The van der Waals surface area contributed by atoms with E-state index in [9.17, 15) is 18.4 Å². The molecule has 0 aliphatic heterocycles. The largest absolute Gasteiger partial charge is 0.497 e. The van der Waals surface area contributed by atoms with E-state index in [-0.39, 0.29) is 22.8 Å². The molecule has 1 amide bonds. The summed E-state index contributed by atoms with van der Waals surface area (Å²) in [4.78, 5) is 29.7. The zero-order valence-corrected chi connectivity index (χ0v) is 18.7. The number of methoxy groups -OCH3 is 2. The molecular weight excluding hydrogens is 436 g/mol. The molecule has 176 valence electrons. The van der Waals surface area contributed by atoms with Crippen molar-refractivity contribution in [3.8, 4) is 11.5 Å². The Morgan fingerprint density at radius 1 is 1.06 bits per heavy atom. The Morgan fingerprint density at radius 2 is 1.70 bits per heavy atom. The standard InChI is InChI=1S/C23H25F2N3O5/c1-13(2)20(27-21(29)14-9-15(31-3)11-16(10-14)32-4)22(30)33-12-19-26-17-7-5-6-8-18(17)28(19)23(24)25/h5-11,13,20,23H,12H2,1-4H3,(H,27,29)/t20-/m1/s1. The second kappa shape index (κ2) is 10.3. The van der Waals surface area contributed by atoms with Gasteiger partial charge in [-0.15, -0.1) is 0 Å². The third-order valence-corrected chi connectivity index (χ3v) is 5.03. The first-order valence-corrected chi connectivity index (χ1v) is 10.2. The molecule has 0 spiro atoms. The molecule has 33 heavy (non-hydrogen) atoms. The topological polar surface area (TPSA) is 91.7 Å². The van der Waals surface area contributed by atoms with Gasteiger partial charge in [-0.3, -0.25) is 9.36 Å². The van der Waals surface area contributed by atoms with E-state index in [2.05, 4.69) is 10.3 Å². The lowest BCUT2D eigenvalue weighted by molar-refractivity contribution is -0.149. The molecule has 1 atom stereocenters. The molecule has 10 heteroatoms. The molecule has 0 fully saturated rings. The Morgan fingerprint density at radius 3 is 2.27 bits per heavy atom. The van der Waals surface area contributed by atoms with E-state index in [1.807, 2.05) is 0 Å². The van der Waals surface area contributed by atoms with Gasteiger partial charge in [-0.1, -0.05) is 26.0 Å². The zero-order valence-electron chi connectivity index (χ0n) is 18.7. The van der Waals surface area contributed by atoms with Gasteiger partial charge in [0.05, 0.1) is 25.3 Å². The van der Waals surface area contributed by atoms with E-state index in [0.29, 0.717) is 21.6 Å². The minimum absolute atomic E-state index is 0.0917. The van der Waals surface area contributed by atoms with Crippen molar-refractivity contribution in [2.24, 2.45) is 5.92 Å². The molecule has 0 bridgehead atoms. The van der Waals surface area contributed by atoms with Crippen molar-refractivity contribution in [1.29, 1.82) is 0 Å². The van der Waals surface area contributed by atoms with Crippen LogP contribution in [0, 0.1) is 5.92 Å². The summed E-state index contributed by atoms with van der Waals surface area (Å²) in [7, 11) is 2.91. The fourth-order valence-corrected chi connectivity index (χ4v) is 3.30. The van der Waals surface area contributed by atoms with Crippen molar-refractivity contribution in [3.63, 3.8) is 0 Å². The molecule has 3 rings (SSSR count). The molecule has 0 unspecified atom stereocenters. The highest BCUT2D eigenvalue weighted by Crippen LogP contribution is 2.24. The lowest BCUT2D eigenvalue weighted by Crippen LogP contribution is -2.45. The van der Waals surface area contributed by atoms with Gasteiger partial charge >= 0.3 is 12.5 Å². The van der Waals surface area contributed by atoms with E-state index in [4.69, 9.17) is 14.2 Å². The molecular formula is C23H25F2N3O5. The van der Waals surface area contributed by atoms with Crippen LogP contribution in [0.2, 0.25) is 0 Å². The van der Waals surface area contributed by atoms with Crippen LogP contribution in [0.5, 0.6) is 11.5 Å². The minimum Gasteiger partial charge on any atom is -0.497 e. The number of halogens is 2. The number of hydrogen-bond acceptors (Lipinski definition) is 6. The third-order valence-electron chi connectivity index (χ3n) is 5.03. The lowest BCUT2D eigenvalue weighted by atomic mass is 10.0. The Bertz CT molecular complexity index is 1120. The van der Waals surface area contributed by atoms with Crippen molar-refractivity contribution in [1.82, 2.24) is 14.9 Å². The van der Waals surface area contributed by atoms with Crippen LogP contribution in [0.4, 0.5) is 8.78 Å². The number of nitrogens with zero attached hydrogens (tertiary/aromatic N) is 2. The fourth-order valence-electron chi connectivity index (χ4n) is 3.30. The zero-order chi connectivity index (χ0) is 24.1. The minimum atomic E-state index is -2.85. The number of nitrogens with one attached hydrogen (secondary N) is 1. The number of imidazole rings is 1. The molecule has 0 saturated heterocycles. The average Bonchev–Trinajstić information content (AvgIpc) is 3.18. The number of hydrogen-bond donors (Lipinski definition) is 1. The summed E-state index contributed by atoms with van der Waals surface area (Å²) >= 11 is 0. The quantitative estimate of drug-likeness (QED) is 0.486. The smallest absolute Gasteiger partial charge is 0.329 e. The molecule has 8 nitrogen and oxygen atoms in total. The SMILES string of the molecule is COc1cc(OC)cc(C(=O)N[C@@H](C(=O)OCc2nc3ccccc3n2C(F)F)C(C)C)c1. The van der Waals surface area contributed by atoms with Crippen molar-refractivity contribution in [2.75, 3.05) is 14.2 Å². The highest BCUT2D eigenvalue weighted by atomic mass is 19.3. The van der Waals surface area contributed by atoms with Gasteiger partial charge in [-0.25, -0.2) is 9.78 Å². The molecule has 0 aliphatic carbocycles. The van der Waals surface area contributed by atoms with Gasteiger partial charge in [-0.2, -0.15) is 8.78 Å². The number of carbonyl (C=O) groups excluding carboxylic acids is 2. The first kappa shape index (κ1) is 24.0. The maximum absolute atomic E-state index is 13.6. The molecule has 3 aromatic rings. The molecule has 0 saturated carbocycles. The van der Waals surface area contributed by atoms with Gasteiger partial charge in [0, 0.05) is 11.6 Å². The van der Waals surface area contributed by atoms with Crippen molar-refractivity contribution in [3.05, 3.63) is 53.9 Å². The first-order chi connectivity index (χ1) is 15.7. The Balaban J connectivity index is 1.76. The normalized spacial score (nSPS) is 12.1. The first-order valence-electron chi connectivity index (χ1n) is 10.2. The molecule has 1 aromatic heterocycles. The fraction of sp³-hybridized carbons (Fsp3) is 0.348. The number of rotatable bonds is 9. The summed E-state index contributed by atoms with van der Waals surface area (Å²) in [5, 5.41) is 2.64. The predicted molar refractivity (Wildman–Crippen MR) is 116 cm³/mol. The van der Waals surface area contributed by atoms with Gasteiger partial charge in [-0.05, 0) is 30.2 Å². The van der Waals surface area contributed by atoms with Crippen LogP contribution in [-0.2, 0) is 16.1 Å². The number of amides is 1. The van der Waals surface area contributed by atoms with Crippen LogP contribution in [-0.4, -0.2) is 41.7 Å². The van der Waals surface area contributed by atoms with Crippen LogP contribution in [0.25, 0.3) is 11.0 Å². The number of ether oxygens (including phenoxy) is 3. The summed E-state index contributed by atoms with van der Waals surface area (Å²) < 4.78 is 43.5. The predicted octanol–water partition coefficient (Wildman–Crippen LogP) is 3.95.